The predicted molar refractivity (Wildman–Crippen MR) is 99.5 cm³/mol. The summed E-state index contributed by atoms with van der Waals surface area (Å²) in [7, 11) is 1.59. The van der Waals surface area contributed by atoms with Crippen LogP contribution in [0.4, 0.5) is 5.69 Å². The van der Waals surface area contributed by atoms with Gasteiger partial charge in [-0.2, -0.15) is 0 Å². The van der Waals surface area contributed by atoms with Crippen molar-refractivity contribution in [3.8, 4) is 5.75 Å². The molecule has 2 amide bonds. The third-order valence-electron chi connectivity index (χ3n) is 4.53. The Morgan fingerprint density at radius 1 is 1.23 bits per heavy atom. The Hall–Kier alpha value is -2.89. The highest BCUT2D eigenvalue weighted by atomic mass is 16.5. The molecule has 0 radical (unpaired) electrons. The van der Waals surface area contributed by atoms with Gasteiger partial charge in [0, 0.05) is 30.5 Å². The molecule has 2 aromatic rings. The van der Waals surface area contributed by atoms with E-state index in [0.717, 1.165) is 25.9 Å². The van der Waals surface area contributed by atoms with Gasteiger partial charge >= 0.3 is 0 Å². The molecule has 3 rings (SSSR count). The van der Waals surface area contributed by atoms with Crippen LogP contribution < -0.4 is 10.1 Å². The van der Waals surface area contributed by atoms with E-state index in [9.17, 15) is 9.59 Å². The molecule has 1 aliphatic rings. The van der Waals surface area contributed by atoms with Crippen molar-refractivity contribution in [2.24, 2.45) is 5.92 Å². The van der Waals surface area contributed by atoms with E-state index in [0.29, 0.717) is 22.9 Å². The smallest absolute Gasteiger partial charge is 0.274 e. The molecule has 1 saturated heterocycles. The fourth-order valence-electron chi connectivity index (χ4n) is 3.11. The number of benzene rings is 1. The second-order valence-electron chi connectivity index (χ2n) is 6.61. The third-order valence-corrected chi connectivity index (χ3v) is 4.53. The Balaban J connectivity index is 1.71. The first-order chi connectivity index (χ1) is 12.6. The molecular weight excluding hydrogens is 330 g/mol. The number of piperidine rings is 1. The van der Waals surface area contributed by atoms with Gasteiger partial charge in [-0.05, 0) is 55.2 Å². The lowest BCUT2D eigenvalue weighted by Crippen LogP contribution is -2.39. The van der Waals surface area contributed by atoms with Crippen molar-refractivity contribution < 1.29 is 14.3 Å². The largest absolute Gasteiger partial charge is 0.497 e. The molecule has 1 atom stereocenters. The number of carbonyl (C=O) groups excluding carboxylic acids is 2. The van der Waals surface area contributed by atoms with Crippen molar-refractivity contribution in [3.63, 3.8) is 0 Å². The average molecular weight is 353 g/mol. The molecule has 1 aliphatic heterocycles. The maximum Gasteiger partial charge on any atom is 0.274 e. The van der Waals surface area contributed by atoms with Crippen LogP contribution in [-0.2, 0) is 0 Å². The number of likely N-dealkylation sites (tertiary alicyclic amines) is 1. The summed E-state index contributed by atoms with van der Waals surface area (Å²) in [5.41, 5.74) is 1.35. The SMILES string of the molecule is COc1ccc(NC(=O)c2cc(C(=O)N3CCCC(C)C3)ccn2)cc1. The number of aromatic nitrogens is 1. The van der Waals surface area contributed by atoms with Crippen LogP contribution in [0.5, 0.6) is 5.75 Å². The van der Waals surface area contributed by atoms with Crippen LogP contribution in [-0.4, -0.2) is 41.9 Å². The van der Waals surface area contributed by atoms with Crippen molar-refractivity contribution in [1.29, 1.82) is 0 Å². The highest BCUT2D eigenvalue weighted by Gasteiger charge is 2.22. The maximum atomic E-state index is 12.7. The molecule has 0 saturated carbocycles. The number of hydrogen-bond donors (Lipinski definition) is 1. The van der Waals surface area contributed by atoms with E-state index in [4.69, 9.17) is 4.74 Å². The number of methoxy groups -OCH3 is 1. The van der Waals surface area contributed by atoms with E-state index in [-0.39, 0.29) is 17.5 Å². The predicted octanol–water partition coefficient (Wildman–Crippen LogP) is 3.21. The minimum absolute atomic E-state index is 0.0440. The summed E-state index contributed by atoms with van der Waals surface area (Å²) in [6.07, 6.45) is 3.67. The molecule has 0 spiro atoms. The Labute approximate surface area is 153 Å². The van der Waals surface area contributed by atoms with Gasteiger partial charge < -0.3 is 15.0 Å². The number of pyridine rings is 1. The molecule has 136 valence electrons. The molecular formula is C20H23N3O3. The summed E-state index contributed by atoms with van der Waals surface area (Å²) in [5.74, 6) is 0.825. The fourth-order valence-corrected chi connectivity index (χ4v) is 3.11. The van der Waals surface area contributed by atoms with E-state index in [1.54, 1.807) is 43.5 Å². The van der Waals surface area contributed by atoms with Gasteiger partial charge in [-0.1, -0.05) is 6.92 Å². The zero-order valence-corrected chi connectivity index (χ0v) is 15.1. The lowest BCUT2D eigenvalue weighted by atomic mass is 9.99. The topological polar surface area (TPSA) is 71.5 Å². The van der Waals surface area contributed by atoms with E-state index < -0.39 is 0 Å². The molecule has 6 nitrogen and oxygen atoms in total. The van der Waals surface area contributed by atoms with Gasteiger partial charge in [0.25, 0.3) is 11.8 Å². The Kier molecular flexibility index (Phi) is 5.51. The summed E-state index contributed by atoms with van der Waals surface area (Å²) in [6, 6.07) is 10.2. The van der Waals surface area contributed by atoms with Crippen molar-refractivity contribution in [2.75, 3.05) is 25.5 Å². The van der Waals surface area contributed by atoms with Crippen LogP contribution in [0.25, 0.3) is 0 Å². The quantitative estimate of drug-likeness (QED) is 0.916. The summed E-state index contributed by atoms with van der Waals surface area (Å²) >= 11 is 0. The van der Waals surface area contributed by atoms with E-state index in [1.807, 2.05) is 4.90 Å². The van der Waals surface area contributed by atoms with Crippen LogP contribution in [0.2, 0.25) is 0 Å². The molecule has 1 aromatic carbocycles. The second kappa shape index (κ2) is 7.99. The number of carbonyl (C=O) groups is 2. The number of nitrogens with zero attached hydrogens (tertiary/aromatic N) is 2. The van der Waals surface area contributed by atoms with Crippen LogP contribution in [0, 0.1) is 5.92 Å². The number of rotatable bonds is 4. The van der Waals surface area contributed by atoms with Gasteiger partial charge in [0.1, 0.15) is 11.4 Å². The van der Waals surface area contributed by atoms with Crippen molar-refractivity contribution >= 4 is 17.5 Å². The average Bonchev–Trinajstić information content (AvgIpc) is 2.68. The van der Waals surface area contributed by atoms with Gasteiger partial charge in [0.2, 0.25) is 0 Å². The summed E-state index contributed by atoms with van der Waals surface area (Å²) < 4.78 is 5.10. The summed E-state index contributed by atoms with van der Waals surface area (Å²) in [6.45, 7) is 3.67. The minimum Gasteiger partial charge on any atom is -0.497 e. The van der Waals surface area contributed by atoms with E-state index >= 15 is 0 Å². The minimum atomic E-state index is -0.350. The lowest BCUT2D eigenvalue weighted by molar-refractivity contribution is 0.0683. The molecule has 26 heavy (non-hydrogen) atoms. The molecule has 0 bridgehead atoms. The number of nitrogens with one attached hydrogen (secondary N) is 1. The van der Waals surface area contributed by atoms with Crippen molar-refractivity contribution in [3.05, 3.63) is 53.9 Å². The number of hydrogen-bond acceptors (Lipinski definition) is 4. The standard InChI is InChI=1S/C20H23N3O3/c1-14-4-3-11-23(13-14)20(25)15-9-10-21-18(12-15)19(24)22-16-5-7-17(26-2)8-6-16/h5-10,12,14H,3-4,11,13H2,1-2H3,(H,22,24). The van der Waals surface area contributed by atoms with Gasteiger partial charge in [-0.3, -0.25) is 14.6 Å². The van der Waals surface area contributed by atoms with E-state index in [1.165, 1.54) is 6.20 Å². The van der Waals surface area contributed by atoms with Crippen LogP contribution in [0.3, 0.4) is 0 Å². The lowest BCUT2D eigenvalue weighted by Gasteiger charge is -2.31. The molecule has 0 aliphatic carbocycles. The van der Waals surface area contributed by atoms with Gasteiger partial charge in [-0.15, -0.1) is 0 Å². The van der Waals surface area contributed by atoms with Crippen molar-refractivity contribution in [1.82, 2.24) is 9.88 Å². The molecule has 2 heterocycles. The monoisotopic (exact) mass is 353 g/mol. The number of amides is 2. The Morgan fingerprint density at radius 2 is 2.00 bits per heavy atom. The van der Waals surface area contributed by atoms with Gasteiger partial charge in [0.15, 0.2) is 0 Å². The van der Waals surface area contributed by atoms with Crippen LogP contribution in [0.1, 0.15) is 40.6 Å². The number of anilines is 1. The fraction of sp³-hybridized carbons (Fsp3) is 0.350. The highest BCUT2D eigenvalue weighted by molar-refractivity contribution is 6.04. The Bertz CT molecular complexity index is 789. The first kappa shape index (κ1) is 17.9. The first-order valence-corrected chi connectivity index (χ1v) is 8.77. The summed E-state index contributed by atoms with van der Waals surface area (Å²) in [5, 5.41) is 2.78. The molecule has 1 unspecified atom stereocenters. The van der Waals surface area contributed by atoms with Crippen LogP contribution >= 0.6 is 0 Å². The zero-order valence-electron chi connectivity index (χ0n) is 15.1. The molecule has 1 aromatic heterocycles. The van der Waals surface area contributed by atoms with Crippen LogP contribution in [0.15, 0.2) is 42.6 Å². The third kappa shape index (κ3) is 4.20. The van der Waals surface area contributed by atoms with Gasteiger partial charge in [-0.25, -0.2) is 0 Å². The van der Waals surface area contributed by atoms with Crippen molar-refractivity contribution in [2.45, 2.75) is 19.8 Å². The zero-order chi connectivity index (χ0) is 18.5. The van der Waals surface area contributed by atoms with E-state index in [2.05, 4.69) is 17.2 Å². The Morgan fingerprint density at radius 3 is 2.69 bits per heavy atom. The molecule has 1 fully saturated rings. The van der Waals surface area contributed by atoms with Gasteiger partial charge in [0.05, 0.1) is 7.11 Å². The second-order valence-corrected chi connectivity index (χ2v) is 6.61. The maximum absolute atomic E-state index is 12.7. The normalized spacial score (nSPS) is 16.8. The highest BCUT2D eigenvalue weighted by Crippen LogP contribution is 2.19. The number of ether oxygens (including phenoxy) is 1. The summed E-state index contributed by atoms with van der Waals surface area (Å²) in [4.78, 5) is 31.1. The molecule has 1 N–H and O–H groups in total. The molecule has 6 heteroatoms. The first-order valence-electron chi connectivity index (χ1n) is 8.77.